The maximum Gasteiger partial charge on any atom is 0.407 e. The fourth-order valence-electron chi connectivity index (χ4n) is 11.1. The van der Waals surface area contributed by atoms with Crippen LogP contribution in [0.15, 0.2) is 39.2 Å². The van der Waals surface area contributed by atoms with E-state index in [1.165, 1.54) is 39.1 Å². The first-order chi connectivity index (χ1) is 36.7. The number of likely N-dealkylation sites (N-methyl/N-ethyl adjacent to an activating group) is 1. The molecule has 17 atom stereocenters. The van der Waals surface area contributed by atoms with Crippen LogP contribution >= 0.6 is 11.8 Å². The molecule has 0 unspecified atom stereocenters. The number of rotatable bonds is 19. The Bertz CT molecular complexity index is 2460. The minimum absolute atomic E-state index is 0.0113. The molecule has 1 saturated carbocycles. The fourth-order valence-corrected chi connectivity index (χ4v) is 11.9. The predicted molar refractivity (Wildman–Crippen MR) is 285 cm³/mol. The van der Waals surface area contributed by atoms with Gasteiger partial charge in [-0.15, -0.1) is 11.8 Å². The lowest BCUT2D eigenvalue weighted by Crippen LogP contribution is -2.64. The summed E-state index contributed by atoms with van der Waals surface area (Å²) < 4.78 is 56.6. The number of nitrogens with zero attached hydrogens (tertiary/aromatic N) is 4. The summed E-state index contributed by atoms with van der Waals surface area (Å²) in [6.45, 7) is 12.1. The lowest BCUT2D eigenvalue weighted by atomic mass is 9.69. The fraction of sp³-hybridized carbons (Fsp3) is 0.755. The number of carboxylic acids is 1. The summed E-state index contributed by atoms with van der Waals surface area (Å²) in [7, 11) is 10.0. The van der Waals surface area contributed by atoms with E-state index in [4.69, 9.17) is 47.5 Å². The third kappa shape index (κ3) is 14.3. The van der Waals surface area contributed by atoms with E-state index in [1.807, 2.05) is 32.0 Å². The molecule has 4 aliphatic rings. The lowest BCUT2D eigenvalue weighted by Gasteiger charge is -2.49. The van der Waals surface area contributed by atoms with Gasteiger partial charge in [-0.3, -0.25) is 14.3 Å². The maximum atomic E-state index is 14.4. The average molecular weight is 1130 g/mol. The number of nitrogens with one attached hydrogen (secondary N) is 1. The first kappa shape index (κ1) is 63.0. The number of hydrogen-bond acceptors (Lipinski definition) is 22. The van der Waals surface area contributed by atoms with E-state index in [9.17, 15) is 44.7 Å². The van der Waals surface area contributed by atoms with Crippen LogP contribution in [-0.4, -0.2) is 218 Å². The molecule has 6 rings (SSSR count). The van der Waals surface area contributed by atoms with Gasteiger partial charge in [-0.25, -0.2) is 9.59 Å². The van der Waals surface area contributed by atoms with Gasteiger partial charge in [0.05, 0.1) is 60.4 Å². The Morgan fingerprint density at radius 1 is 0.974 bits per heavy atom. The van der Waals surface area contributed by atoms with E-state index in [-0.39, 0.29) is 74.4 Å². The summed E-state index contributed by atoms with van der Waals surface area (Å²) in [6, 6.07) is 4.90. The number of aliphatic hydroxyl groups is 4. The SMILES string of the molecule is COCO/N=C1\[C@H](C)C[C@@](C)(O)[C@H](O[C@@H]2O[C@H](C)C[C@H](N(C)C)[C@H]2O)[C@@H](C)[C@H](O[C@H]2C[C@@](C)(OC)[C@@H](OC(=O)NCCOCCSc3ccc4c(c3)c(=O)c(C(=O)O)cn4N(C)C)[C@H](C)O2)[C@@H](C)C(=O)O[C@@H]2CC[C@]2(O)[C@@H]1O. The van der Waals surface area contributed by atoms with E-state index >= 15 is 0 Å². The normalized spacial score (nSPS) is 36.3. The molecule has 1 aliphatic carbocycles. The molecule has 1 amide bonds. The summed E-state index contributed by atoms with van der Waals surface area (Å²) in [4.78, 5) is 60.5. The molecule has 3 aliphatic heterocycles. The third-order valence-electron chi connectivity index (χ3n) is 15.6. The molecule has 78 heavy (non-hydrogen) atoms. The summed E-state index contributed by atoms with van der Waals surface area (Å²) >= 11 is 1.42. The first-order valence-electron chi connectivity index (χ1n) is 26.5. The molecule has 0 spiro atoms. The molecule has 0 bridgehead atoms. The number of oxime groups is 1. The van der Waals surface area contributed by atoms with Crippen molar-refractivity contribution >= 4 is 46.4 Å². The largest absolute Gasteiger partial charge is 0.477 e. The van der Waals surface area contributed by atoms with Gasteiger partial charge in [0.25, 0.3) is 0 Å². The summed E-state index contributed by atoms with van der Waals surface area (Å²) in [5, 5.41) is 66.7. The highest BCUT2D eigenvalue weighted by molar-refractivity contribution is 7.99. The molecule has 2 aromatic rings. The van der Waals surface area contributed by atoms with Crippen LogP contribution in [0.4, 0.5) is 4.79 Å². The van der Waals surface area contributed by atoms with E-state index in [0.717, 1.165) is 4.90 Å². The Morgan fingerprint density at radius 3 is 2.32 bits per heavy atom. The molecule has 6 N–H and O–H groups in total. The zero-order valence-corrected chi connectivity index (χ0v) is 47.9. The lowest BCUT2D eigenvalue weighted by molar-refractivity contribution is -0.317. The van der Waals surface area contributed by atoms with Crippen molar-refractivity contribution in [1.82, 2.24) is 14.9 Å². The minimum atomic E-state index is -1.95. The molecular formula is C53H83N5O19S. The average Bonchev–Trinajstić information content (AvgIpc) is 3.40. The Morgan fingerprint density at radius 2 is 1.69 bits per heavy atom. The number of carboxylic acid groups (broad SMARTS) is 1. The van der Waals surface area contributed by atoms with Crippen LogP contribution in [0.1, 0.15) is 90.9 Å². The number of carbonyl (C=O) groups is 3. The second kappa shape index (κ2) is 26.6. The highest BCUT2D eigenvalue weighted by Gasteiger charge is 2.58. The second-order valence-electron chi connectivity index (χ2n) is 22.0. The Kier molecular flexibility index (Phi) is 21.5. The van der Waals surface area contributed by atoms with E-state index in [1.54, 1.807) is 70.5 Å². The van der Waals surface area contributed by atoms with Gasteiger partial charge in [0.2, 0.25) is 12.2 Å². The number of aliphatic hydroxyl groups excluding tert-OH is 2. The smallest absolute Gasteiger partial charge is 0.407 e. The molecule has 24 nitrogen and oxygen atoms in total. The van der Waals surface area contributed by atoms with Gasteiger partial charge >= 0.3 is 18.0 Å². The van der Waals surface area contributed by atoms with Crippen molar-refractivity contribution < 1.29 is 87.4 Å². The van der Waals surface area contributed by atoms with Gasteiger partial charge in [0.1, 0.15) is 35.1 Å². The van der Waals surface area contributed by atoms with Gasteiger partial charge in [-0.05, 0) is 92.6 Å². The van der Waals surface area contributed by atoms with Crippen molar-refractivity contribution in [2.24, 2.45) is 22.9 Å². The van der Waals surface area contributed by atoms with Crippen LogP contribution in [0.25, 0.3) is 10.9 Å². The van der Waals surface area contributed by atoms with Crippen molar-refractivity contribution in [3.05, 3.63) is 40.2 Å². The quantitative estimate of drug-likeness (QED) is 0.0387. The number of aromatic carboxylic acids is 1. The molecular weight excluding hydrogens is 1040 g/mol. The molecule has 4 heterocycles. The van der Waals surface area contributed by atoms with Crippen LogP contribution in [0.5, 0.6) is 0 Å². The number of alkyl carbamates (subject to hydrolysis) is 1. The van der Waals surface area contributed by atoms with Crippen molar-refractivity contribution in [3.8, 4) is 0 Å². The zero-order chi connectivity index (χ0) is 57.6. The number of thioether (sulfide) groups is 1. The number of amides is 1. The number of benzene rings is 1. The molecule has 0 radical (unpaired) electrons. The van der Waals surface area contributed by atoms with Gasteiger partial charge in [0, 0.05) is 81.4 Å². The van der Waals surface area contributed by atoms with Gasteiger partial charge in [0.15, 0.2) is 18.7 Å². The minimum Gasteiger partial charge on any atom is -0.477 e. The van der Waals surface area contributed by atoms with Crippen molar-refractivity contribution in [3.63, 3.8) is 0 Å². The van der Waals surface area contributed by atoms with E-state index < -0.39 is 113 Å². The van der Waals surface area contributed by atoms with Gasteiger partial charge < -0.3 is 88.2 Å². The standard InChI is InChI=1S/C53H83N5O19S/c1-28-24-51(6,66)45(76-49-42(60)37(56(8)9)22-29(2)72-49)30(3)43(31(4)48(64)74-38-16-17-53(38,67)44(61)40(28)55-71-27-68-12)75-39-25-52(7,69-13)46(32(5)73-39)77-50(65)54-18-19-70-20-21-78-33-14-15-36-34(23-33)41(59)35(47(62)63)26-58(36)57(10)11/h14-15,23,26,28-32,37-39,42-46,49,60-61,66-67H,16-22,24-25,27H2,1-13H3,(H,54,65)(H,62,63)/b55-40+/t28-,29-,30+,31-,32+,37+,38-,39+,42-,43+,44-,45-,46+,49+,51-,52-,53-/m1/s1. The number of ether oxygens (including phenoxy) is 9. The van der Waals surface area contributed by atoms with Crippen LogP contribution < -0.4 is 15.8 Å². The van der Waals surface area contributed by atoms with Crippen LogP contribution in [0.2, 0.25) is 0 Å². The second-order valence-corrected chi connectivity index (χ2v) is 23.2. The van der Waals surface area contributed by atoms with E-state index in [0.29, 0.717) is 24.3 Å². The Labute approximate surface area is 459 Å². The molecule has 1 aromatic heterocycles. The third-order valence-corrected chi connectivity index (χ3v) is 16.5. The first-order valence-corrected chi connectivity index (χ1v) is 27.4. The number of methoxy groups -OCH3 is 2. The predicted octanol–water partition coefficient (Wildman–Crippen LogP) is 2.67. The Hall–Kier alpha value is -4.22. The number of hydrogen-bond donors (Lipinski definition) is 6. The van der Waals surface area contributed by atoms with E-state index in [2.05, 4.69) is 10.5 Å². The van der Waals surface area contributed by atoms with Gasteiger partial charge in [-0.2, -0.15) is 0 Å². The summed E-state index contributed by atoms with van der Waals surface area (Å²) in [5.74, 6) is -4.43. The summed E-state index contributed by atoms with van der Waals surface area (Å²) in [5.41, 5.74) is -5.39. The number of aromatic nitrogens is 1. The maximum absolute atomic E-state index is 14.4. The van der Waals surface area contributed by atoms with Crippen LogP contribution in [-0.2, 0) is 52.3 Å². The molecule has 25 heteroatoms. The highest BCUT2D eigenvalue weighted by Crippen LogP contribution is 2.44. The summed E-state index contributed by atoms with van der Waals surface area (Å²) in [6.07, 6.45) is -9.77. The van der Waals surface area contributed by atoms with Gasteiger partial charge in [-0.1, -0.05) is 19.0 Å². The number of carbonyl (C=O) groups excluding carboxylic acids is 2. The van der Waals surface area contributed by atoms with Crippen molar-refractivity contribution in [2.75, 3.05) is 79.7 Å². The molecule has 440 valence electrons. The van der Waals surface area contributed by atoms with Crippen LogP contribution in [0, 0.1) is 17.8 Å². The van der Waals surface area contributed by atoms with Crippen molar-refractivity contribution in [1.29, 1.82) is 0 Å². The van der Waals surface area contributed by atoms with Crippen LogP contribution in [0.3, 0.4) is 0 Å². The monoisotopic (exact) mass is 1130 g/mol. The Balaban J connectivity index is 1.15. The molecule has 1 aromatic carbocycles. The van der Waals surface area contributed by atoms with Crippen molar-refractivity contribution in [2.45, 2.75) is 170 Å². The number of pyridine rings is 1. The number of fused-ring (bicyclic) bond motifs is 2. The zero-order valence-electron chi connectivity index (χ0n) is 47.1. The topological polar surface area (TPSA) is 298 Å². The molecule has 4 fully saturated rings. The highest BCUT2D eigenvalue weighted by atomic mass is 32.2. The number of esters is 1. The molecule has 3 saturated heterocycles.